The fourth-order valence-electron chi connectivity index (χ4n) is 1.31. The first kappa shape index (κ1) is 11.2. The molecule has 2 rings (SSSR count). The van der Waals surface area contributed by atoms with Crippen molar-refractivity contribution in [1.29, 1.82) is 0 Å². The van der Waals surface area contributed by atoms with Gasteiger partial charge in [0.15, 0.2) is 5.82 Å². The van der Waals surface area contributed by atoms with Gasteiger partial charge in [-0.2, -0.15) is 5.10 Å². The number of aromatic nitrogens is 3. The van der Waals surface area contributed by atoms with Gasteiger partial charge in [0.25, 0.3) is 0 Å². The Hall–Kier alpha value is -1.33. The van der Waals surface area contributed by atoms with Crippen LogP contribution < -0.4 is 0 Å². The Morgan fingerprint density at radius 3 is 2.62 bits per heavy atom. The first-order valence-electron chi connectivity index (χ1n) is 4.85. The molecule has 2 aromatic rings. The van der Waals surface area contributed by atoms with Crippen molar-refractivity contribution in [3.8, 4) is 11.3 Å². The Kier molecular flexibility index (Phi) is 3.58. The largest absolute Gasteiger partial charge is 0.396 e. The molecule has 16 heavy (non-hydrogen) atoms. The number of hydrogen-bond acceptors (Lipinski definition) is 4. The van der Waals surface area contributed by atoms with Gasteiger partial charge in [0, 0.05) is 16.5 Å². The van der Waals surface area contributed by atoms with E-state index in [9.17, 15) is 0 Å². The highest BCUT2D eigenvalue weighted by molar-refractivity contribution is 9.10. The van der Waals surface area contributed by atoms with Crippen molar-refractivity contribution in [2.24, 2.45) is 0 Å². The van der Waals surface area contributed by atoms with Crippen LogP contribution in [0.4, 0.5) is 0 Å². The van der Waals surface area contributed by atoms with Crippen molar-refractivity contribution >= 4 is 15.9 Å². The maximum Gasteiger partial charge on any atom is 0.153 e. The third kappa shape index (κ3) is 2.62. The predicted octanol–water partition coefficient (Wildman–Crippen LogP) is 1.84. The summed E-state index contributed by atoms with van der Waals surface area (Å²) in [5.41, 5.74) is 1.75. The minimum atomic E-state index is 0.0332. The molecule has 0 aliphatic heterocycles. The number of hydrogen-bond donors (Lipinski definition) is 1. The van der Waals surface area contributed by atoms with Crippen molar-refractivity contribution in [1.82, 2.24) is 15.2 Å². The number of benzene rings is 1. The van der Waals surface area contributed by atoms with Gasteiger partial charge in [-0.05, 0) is 12.1 Å². The van der Waals surface area contributed by atoms with Crippen molar-refractivity contribution in [2.75, 3.05) is 6.61 Å². The highest BCUT2D eigenvalue weighted by atomic mass is 79.9. The lowest BCUT2D eigenvalue weighted by molar-refractivity contribution is 0.296. The van der Waals surface area contributed by atoms with Crippen LogP contribution in [0.3, 0.4) is 0 Å². The Morgan fingerprint density at radius 2 is 1.94 bits per heavy atom. The first-order chi connectivity index (χ1) is 7.79. The van der Waals surface area contributed by atoms with E-state index in [2.05, 4.69) is 31.1 Å². The van der Waals surface area contributed by atoms with Gasteiger partial charge in [-0.1, -0.05) is 28.1 Å². The summed E-state index contributed by atoms with van der Waals surface area (Å²) in [6.07, 6.45) is 2.04. The normalized spacial score (nSPS) is 10.4. The van der Waals surface area contributed by atoms with Crippen molar-refractivity contribution < 1.29 is 5.11 Å². The molecule has 0 unspecified atom stereocenters. The molecule has 5 heteroatoms. The molecular formula is C11H10BrN3O. The highest BCUT2D eigenvalue weighted by Gasteiger charge is 2.02. The second-order valence-corrected chi connectivity index (χ2v) is 4.15. The molecular weight excluding hydrogens is 270 g/mol. The van der Waals surface area contributed by atoms with E-state index in [1.165, 1.54) is 0 Å². The van der Waals surface area contributed by atoms with Gasteiger partial charge in [-0.15, -0.1) is 5.10 Å². The average Bonchev–Trinajstić information content (AvgIpc) is 2.31. The molecule has 0 aliphatic rings. The lowest BCUT2D eigenvalue weighted by Crippen LogP contribution is -2.01. The molecule has 1 aromatic heterocycles. The van der Waals surface area contributed by atoms with Gasteiger partial charge in [-0.3, -0.25) is 0 Å². The van der Waals surface area contributed by atoms with Crippen LogP contribution in [0, 0.1) is 0 Å². The molecule has 4 nitrogen and oxygen atoms in total. The zero-order valence-electron chi connectivity index (χ0n) is 8.47. The summed E-state index contributed by atoms with van der Waals surface area (Å²) in [7, 11) is 0. The number of halogens is 1. The summed E-state index contributed by atoms with van der Waals surface area (Å²) in [6.45, 7) is 0.0332. The number of rotatable bonds is 3. The Morgan fingerprint density at radius 1 is 1.19 bits per heavy atom. The van der Waals surface area contributed by atoms with E-state index in [4.69, 9.17) is 5.11 Å². The SMILES string of the molecule is OCCc1nncc(-c2ccc(Br)cc2)n1. The van der Waals surface area contributed by atoms with Crippen LogP contribution in [0.15, 0.2) is 34.9 Å². The van der Waals surface area contributed by atoms with Gasteiger partial charge < -0.3 is 5.11 Å². The topological polar surface area (TPSA) is 58.9 Å². The van der Waals surface area contributed by atoms with Crippen LogP contribution >= 0.6 is 15.9 Å². The fraction of sp³-hybridized carbons (Fsp3) is 0.182. The summed E-state index contributed by atoms with van der Waals surface area (Å²) in [5.74, 6) is 0.558. The fourth-order valence-corrected chi connectivity index (χ4v) is 1.57. The monoisotopic (exact) mass is 279 g/mol. The van der Waals surface area contributed by atoms with Gasteiger partial charge in [0.1, 0.15) is 0 Å². The van der Waals surface area contributed by atoms with Crippen LogP contribution in [0.1, 0.15) is 5.82 Å². The van der Waals surface area contributed by atoms with E-state index in [0.29, 0.717) is 12.2 Å². The number of aliphatic hydroxyl groups excluding tert-OH is 1. The molecule has 0 radical (unpaired) electrons. The summed E-state index contributed by atoms with van der Waals surface area (Å²) in [6, 6.07) is 7.81. The van der Waals surface area contributed by atoms with Gasteiger partial charge in [-0.25, -0.2) is 4.98 Å². The van der Waals surface area contributed by atoms with Crippen LogP contribution in [0.2, 0.25) is 0 Å². The van der Waals surface area contributed by atoms with Gasteiger partial charge in [0.05, 0.1) is 18.5 Å². The summed E-state index contributed by atoms with van der Waals surface area (Å²) in [4.78, 5) is 4.31. The molecule has 0 amide bonds. The molecule has 0 saturated heterocycles. The molecule has 1 N–H and O–H groups in total. The standard InChI is InChI=1S/C11H10BrN3O/c12-9-3-1-8(2-4-9)10-7-13-15-11(14-10)5-6-16/h1-4,7,16H,5-6H2. The highest BCUT2D eigenvalue weighted by Crippen LogP contribution is 2.18. The summed E-state index contributed by atoms with van der Waals surface area (Å²) in [5, 5.41) is 16.5. The van der Waals surface area contributed by atoms with Crippen molar-refractivity contribution in [2.45, 2.75) is 6.42 Å². The maximum absolute atomic E-state index is 8.80. The van der Waals surface area contributed by atoms with E-state index in [-0.39, 0.29) is 6.61 Å². The van der Waals surface area contributed by atoms with Gasteiger partial charge >= 0.3 is 0 Å². The van der Waals surface area contributed by atoms with E-state index < -0.39 is 0 Å². The zero-order chi connectivity index (χ0) is 11.4. The van der Waals surface area contributed by atoms with Gasteiger partial charge in [0.2, 0.25) is 0 Å². The molecule has 0 bridgehead atoms. The minimum absolute atomic E-state index is 0.0332. The van der Waals surface area contributed by atoms with Crippen LogP contribution in [0.5, 0.6) is 0 Å². The van der Waals surface area contributed by atoms with E-state index >= 15 is 0 Å². The number of nitrogens with zero attached hydrogens (tertiary/aromatic N) is 3. The molecule has 0 aliphatic carbocycles. The second-order valence-electron chi connectivity index (χ2n) is 3.24. The Bertz CT molecular complexity index is 473. The molecule has 1 heterocycles. The van der Waals surface area contributed by atoms with E-state index in [0.717, 1.165) is 15.7 Å². The smallest absolute Gasteiger partial charge is 0.153 e. The predicted molar refractivity (Wildman–Crippen MR) is 63.8 cm³/mol. The van der Waals surface area contributed by atoms with Crippen molar-refractivity contribution in [3.05, 3.63) is 40.8 Å². The molecule has 0 atom stereocenters. The third-order valence-electron chi connectivity index (χ3n) is 2.08. The Labute approximate surface area is 102 Å². The average molecular weight is 280 g/mol. The Balaban J connectivity index is 2.32. The zero-order valence-corrected chi connectivity index (χ0v) is 10.1. The first-order valence-corrected chi connectivity index (χ1v) is 5.64. The van der Waals surface area contributed by atoms with E-state index in [1.54, 1.807) is 6.20 Å². The lowest BCUT2D eigenvalue weighted by Gasteiger charge is -2.01. The molecule has 1 aromatic carbocycles. The number of aliphatic hydroxyl groups is 1. The second kappa shape index (κ2) is 5.14. The third-order valence-corrected chi connectivity index (χ3v) is 2.61. The van der Waals surface area contributed by atoms with Crippen LogP contribution in [-0.2, 0) is 6.42 Å². The van der Waals surface area contributed by atoms with Crippen molar-refractivity contribution in [3.63, 3.8) is 0 Å². The molecule has 0 fully saturated rings. The molecule has 0 saturated carbocycles. The molecule has 0 spiro atoms. The van der Waals surface area contributed by atoms with E-state index in [1.807, 2.05) is 24.3 Å². The minimum Gasteiger partial charge on any atom is -0.396 e. The lowest BCUT2D eigenvalue weighted by atomic mass is 10.2. The summed E-state index contributed by atoms with van der Waals surface area (Å²) >= 11 is 3.38. The quantitative estimate of drug-likeness (QED) is 0.932. The van der Waals surface area contributed by atoms with Crippen LogP contribution in [0.25, 0.3) is 11.3 Å². The van der Waals surface area contributed by atoms with Crippen LogP contribution in [-0.4, -0.2) is 26.9 Å². The summed E-state index contributed by atoms with van der Waals surface area (Å²) < 4.78 is 1.02. The maximum atomic E-state index is 8.80. The molecule has 82 valence electrons.